The molecule has 156 valence electrons. The molecule has 8 nitrogen and oxygen atoms in total. The Balaban J connectivity index is 1.75. The smallest absolute Gasteiger partial charge is 0.305 e. The normalized spacial score (nSPS) is 17.3. The molecule has 1 heterocycles. The first-order chi connectivity index (χ1) is 14.5. The highest BCUT2D eigenvalue weighted by molar-refractivity contribution is 8.15. The molecule has 1 amide bonds. The zero-order chi connectivity index (χ0) is 21.5. The largest absolute Gasteiger partial charge is 0.493 e. The van der Waals surface area contributed by atoms with Crippen molar-refractivity contribution in [2.24, 2.45) is 10.2 Å². The van der Waals surface area contributed by atoms with E-state index in [1.165, 1.54) is 13.3 Å². The number of amidine groups is 1. The number of thioether (sulfide) groups is 1. The number of hydrogen-bond acceptors (Lipinski definition) is 7. The molecule has 2 aromatic carbocycles. The van der Waals surface area contributed by atoms with Crippen molar-refractivity contribution in [1.29, 1.82) is 0 Å². The Morgan fingerprint density at radius 2 is 2.10 bits per heavy atom. The molecule has 0 aromatic heterocycles. The second kappa shape index (κ2) is 10.1. The quantitative estimate of drug-likeness (QED) is 0.474. The lowest BCUT2D eigenvalue weighted by atomic mass is 10.2. The number of benzene rings is 2. The Bertz CT molecular complexity index is 1010. The van der Waals surface area contributed by atoms with Gasteiger partial charge in [-0.3, -0.25) is 9.59 Å². The lowest BCUT2D eigenvalue weighted by molar-refractivity contribution is -0.138. The third-order valence-electron chi connectivity index (χ3n) is 4.04. The van der Waals surface area contributed by atoms with Crippen molar-refractivity contribution in [3.8, 4) is 11.5 Å². The van der Waals surface area contributed by atoms with Crippen molar-refractivity contribution in [1.82, 2.24) is 5.32 Å². The number of nitrogens with one attached hydrogen (secondary N) is 1. The molecule has 2 aromatic rings. The van der Waals surface area contributed by atoms with Crippen molar-refractivity contribution < 1.29 is 24.2 Å². The van der Waals surface area contributed by atoms with Crippen molar-refractivity contribution in [2.45, 2.75) is 18.3 Å². The molecule has 0 aliphatic carbocycles. The molecular weight excluding hydrogens is 430 g/mol. The molecule has 0 bridgehead atoms. The van der Waals surface area contributed by atoms with E-state index in [4.69, 9.17) is 26.2 Å². The maximum absolute atomic E-state index is 11.8. The minimum atomic E-state index is -1.05. The number of methoxy groups -OCH3 is 1. The van der Waals surface area contributed by atoms with Crippen molar-refractivity contribution in [3.63, 3.8) is 0 Å². The van der Waals surface area contributed by atoms with Gasteiger partial charge in [-0.05, 0) is 18.2 Å². The molecule has 1 aliphatic rings. The van der Waals surface area contributed by atoms with Crippen LogP contribution in [0.4, 0.5) is 0 Å². The van der Waals surface area contributed by atoms with Crippen LogP contribution in [-0.4, -0.2) is 40.7 Å². The molecule has 1 saturated heterocycles. The van der Waals surface area contributed by atoms with E-state index in [1.807, 2.05) is 18.2 Å². The van der Waals surface area contributed by atoms with Gasteiger partial charge in [0.25, 0.3) is 0 Å². The lowest BCUT2D eigenvalue weighted by Crippen LogP contribution is -2.26. The topological polar surface area (TPSA) is 110 Å². The number of carboxylic acid groups (broad SMARTS) is 1. The predicted octanol–water partition coefficient (Wildman–Crippen LogP) is 3.32. The van der Waals surface area contributed by atoms with Gasteiger partial charge in [0.1, 0.15) is 11.9 Å². The summed E-state index contributed by atoms with van der Waals surface area (Å²) in [6.07, 6.45) is 1.18. The summed E-state index contributed by atoms with van der Waals surface area (Å²) in [6, 6.07) is 12.7. The third kappa shape index (κ3) is 5.52. The van der Waals surface area contributed by atoms with Gasteiger partial charge in [-0.2, -0.15) is 5.10 Å². The number of carbonyl (C=O) groups is 2. The average molecular weight is 448 g/mol. The van der Waals surface area contributed by atoms with Gasteiger partial charge in [0.15, 0.2) is 16.7 Å². The van der Waals surface area contributed by atoms with Gasteiger partial charge in [-0.15, -0.1) is 5.10 Å². The minimum Gasteiger partial charge on any atom is -0.493 e. The Kier molecular flexibility index (Phi) is 7.31. The summed E-state index contributed by atoms with van der Waals surface area (Å²) in [5, 5.41) is 19.4. The van der Waals surface area contributed by atoms with E-state index in [0.29, 0.717) is 22.1 Å². The SMILES string of the molecule is COc1cccc(/C=N\N=C2\NC(=O)[C@@H](CC(=O)O)S2)c1OCc1ccccc1Cl. The molecule has 30 heavy (non-hydrogen) atoms. The fraction of sp³-hybridized carbons (Fsp3) is 0.200. The first-order valence-electron chi connectivity index (χ1n) is 8.81. The monoisotopic (exact) mass is 447 g/mol. The number of nitrogens with zero attached hydrogens (tertiary/aromatic N) is 2. The molecule has 2 N–H and O–H groups in total. The Morgan fingerprint density at radius 3 is 2.83 bits per heavy atom. The minimum absolute atomic E-state index is 0.234. The van der Waals surface area contributed by atoms with Crippen molar-refractivity contribution in [2.75, 3.05) is 7.11 Å². The summed E-state index contributed by atoms with van der Waals surface area (Å²) in [5.41, 5.74) is 1.44. The van der Waals surface area contributed by atoms with E-state index in [9.17, 15) is 9.59 Å². The van der Waals surface area contributed by atoms with Crippen LogP contribution in [-0.2, 0) is 16.2 Å². The second-order valence-corrected chi connectivity index (χ2v) is 7.70. The Labute approximate surface area is 181 Å². The zero-order valence-corrected chi connectivity index (χ0v) is 17.4. The number of rotatable bonds is 8. The zero-order valence-electron chi connectivity index (χ0n) is 15.9. The van der Waals surface area contributed by atoms with Gasteiger partial charge in [0.05, 0.1) is 19.7 Å². The second-order valence-electron chi connectivity index (χ2n) is 6.10. The number of aliphatic carboxylic acids is 1. The highest BCUT2D eigenvalue weighted by atomic mass is 35.5. The highest BCUT2D eigenvalue weighted by Gasteiger charge is 2.32. The van der Waals surface area contributed by atoms with Gasteiger partial charge in [-0.25, -0.2) is 0 Å². The van der Waals surface area contributed by atoms with Crippen LogP contribution in [0.1, 0.15) is 17.5 Å². The third-order valence-corrected chi connectivity index (χ3v) is 5.48. The molecule has 0 saturated carbocycles. The van der Waals surface area contributed by atoms with Crippen LogP contribution in [0.25, 0.3) is 0 Å². The maximum Gasteiger partial charge on any atom is 0.305 e. The van der Waals surface area contributed by atoms with Crippen LogP contribution >= 0.6 is 23.4 Å². The molecule has 10 heteroatoms. The number of carboxylic acids is 1. The van der Waals surface area contributed by atoms with Gasteiger partial charge >= 0.3 is 5.97 Å². The maximum atomic E-state index is 11.8. The van der Waals surface area contributed by atoms with Crippen molar-refractivity contribution >= 4 is 46.6 Å². The number of ether oxygens (including phenoxy) is 2. The average Bonchev–Trinajstić information content (AvgIpc) is 3.06. The fourth-order valence-corrected chi connectivity index (χ4v) is 3.71. The van der Waals surface area contributed by atoms with Gasteiger partial charge in [0.2, 0.25) is 5.91 Å². The Morgan fingerprint density at radius 1 is 1.30 bits per heavy atom. The molecule has 1 atom stereocenters. The number of halogens is 1. The van der Waals surface area contributed by atoms with Crippen LogP contribution in [0.3, 0.4) is 0 Å². The Hall–Kier alpha value is -3.04. The van der Waals surface area contributed by atoms with E-state index in [2.05, 4.69) is 15.5 Å². The number of amides is 1. The van der Waals surface area contributed by atoms with Gasteiger partial charge < -0.3 is 19.9 Å². The molecule has 1 aliphatic heterocycles. The standard InChI is InChI=1S/C20H18ClN3O5S/c1-28-15-8-4-6-12(18(15)29-11-13-5-2-3-7-14(13)21)10-22-24-20-23-19(27)16(30-20)9-17(25)26/h2-8,10,16H,9,11H2,1H3,(H,25,26)(H,23,24,27)/b22-10-/t16-/m1/s1. The summed E-state index contributed by atoms with van der Waals surface area (Å²) in [4.78, 5) is 22.6. The van der Waals surface area contributed by atoms with E-state index >= 15 is 0 Å². The van der Waals surface area contributed by atoms with Crippen LogP contribution in [0.15, 0.2) is 52.7 Å². The van der Waals surface area contributed by atoms with Crippen LogP contribution in [0.5, 0.6) is 11.5 Å². The number of carbonyl (C=O) groups excluding carboxylic acids is 1. The first-order valence-corrected chi connectivity index (χ1v) is 10.1. The van der Waals surface area contributed by atoms with E-state index in [-0.39, 0.29) is 18.2 Å². The first kappa shape index (κ1) is 21.7. The highest BCUT2D eigenvalue weighted by Crippen LogP contribution is 2.31. The summed E-state index contributed by atoms with van der Waals surface area (Å²) in [7, 11) is 1.53. The lowest BCUT2D eigenvalue weighted by Gasteiger charge is -2.13. The van der Waals surface area contributed by atoms with Crippen LogP contribution in [0.2, 0.25) is 5.02 Å². The summed E-state index contributed by atoms with van der Waals surface area (Å²) < 4.78 is 11.3. The summed E-state index contributed by atoms with van der Waals surface area (Å²) >= 11 is 7.21. The molecule has 0 radical (unpaired) electrons. The van der Waals surface area contributed by atoms with Crippen molar-refractivity contribution in [3.05, 3.63) is 58.6 Å². The van der Waals surface area contributed by atoms with E-state index < -0.39 is 17.1 Å². The van der Waals surface area contributed by atoms with E-state index in [1.54, 1.807) is 24.3 Å². The number of para-hydroxylation sites is 1. The predicted molar refractivity (Wildman–Crippen MR) is 116 cm³/mol. The number of hydrogen-bond donors (Lipinski definition) is 2. The van der Waals surface area contributed by atoms with Gasteiger partial charge in [-0.1, -0.05) is 47.6 Å². The molecule has 1 fully saturated rings. The summed E-state index contributed by atoms with van der Waals surface area (Å²) in [5.74, 6) is -0.468. The summed E-state index contributed by atoms with van der Waals surface area (Å²) in [6.45, 7) is 0.234. The molecule has 3 rings (SSSR count). The fourth-order valence-electron chi connectivity index (χ4n) is 2.60. The van der Waals surface area contributed by atoms with E-state index in [0.717, 1.165) is 17.3 Å². The molecular formula is C20H18ClN3O5S. The van der Waals surface area contributed by atoms with Crippen LogP contribution in [0, 0.1) is 0 Å². The van der Waals surface area contributed by atoms with Gasteiger partial charge in [0, 0.05) is 16.1 Å². The van der Waals surface area contributed by atoms with Crippen LogP contribution < -0.4 is 14.8 Å². The molecule has 0 spiro atoms. The molecule has 0 unspecified atom stereocenters.